The van der Waals surface area contributed by atoms with Gasteiger partial charge in [-0.15, -0.1) is 0 Å². The van der Waals surface area contributed by atoms with Crippen molar-refractivity contribution in [2.45, 2.75) is 13.2 Å². The summed E-state index contributed by atoms with van der Waals surface area (Å²) in [4.78, 5) is 16.5. The minimum absolute atomic E-state index is 0.0369. The fourth-order valence-electron chi connectivity index (χ4n) is 3.00. The number of hydrogen-bond acceptors (Lipinski definition) is 6. The fourth-order valence-corrected chi connectivity index (χ4v) is 3.00. The summed E-state index contributed by atoms with van der Waals surface area (Å²) in [6, 6.07) is 14.0. The van der Waals surface area contributed by atoms with Gasteiger partial charge in [-0.25, -0.2) is 9.79 Å². The molecule has 0 amide bonds. The molecule has 158 valence electrons. The Hall–Kier alpha value is -4.01. The minimum Gasteiger partial charge on any atom is -0.493 e. The third-order valence-corrected chi connectivity index (χ3v) is 4.39. The number of carbonyl (C=O) groups is 1. The molecule has 3 aromatic rings. The molecule has 1 aliphatic heterocycles. The van der Waals surface area contributed by atoms with Crippen molar-refractivity contribution in [3.8, 4) is 11.5 Å². The molecule has 0 atom stereocenters. The molecule has 4 rings (SSSR count). The second-order valence-corrected chi connectivity index (χ2v) is 6.54. The average Bonchev–Trinajstić information content (AvgIpc) is 3.35. The van der Waals surface area contributed by atoms with E-state index in [1.54, 1.807) is 23.2 Å². The van der Waals surface area contributed by atoms with Gasteiger partial charge in [0.1, 0.15) is 0 Å². The van der Waals surface area contributed by atoms with Crippen molar-refractivity contribution in [1.29, 1.82) is 0 Å². The summed E-state index contributed by atoms with van der Waals surface area (Å²) >= 11 is 0. The Morgan fingerprint density at radius 1 is 1.16 bits per heavy atom. The van der Waals surface area contributed by atoms with E-state index in [-0.39, 0.29) is 23.1 Å². The molecule has 0 unspecified atom stereocenters. The van der Waals surface area contributed by atoms with E-state index in [2.05, 4.69) is 14.8 Å². The van der Waals surface area contributed by atoms with Gasteiger partial charge in [0.2, 0.25) is 5.90 Å². The van der Waals surface area contributed by atoms with Gasteiger partial charge in [-0.2, -0.15) is 13.9 Å². The number of methoxy groups -OCH3 is 1. The summed E-state index contributed by atoms with van der Waals surface area (Å²) in [5.74, 6) is -0.656. The molecule has 1 aliphatic rings. The van der Waals surface area contributed by atoms with E-state index in [0.717, 1.165) is 5.56 Å². The zero-order chi connectivity index (χ0) is 21.8. The van der Waals surface area contributed by atoms with Crippen LogP contribution in [0.1, 0.15) is 16.7 Å². The van der Waals surface area contributed by atoms with Crippen LogP contribution in [0.25, 0.3) is 6.08 Å². The molecule has 2 heterocycles. The first-order valence-electron chi connectivity index (χ1n) is 9.24. The van der Waals surface area contributed by atoms with E-state index in [4.69, 9.17) is 9.47 Å². The Morgan fingerprint density at radius 3 is 2.71 bits per heavy atom. The molecule has 9 heteroatoms. The monoisotopic (exact) mass is 425 g/mol. The highest BCUT2D eigenvalue weighted by molar-refractivity contribution is 6.13. The normalized spacial score (nSPS) is 14.6. The van der Waals surface area contributed by atoms with Crippen molar-refractivity contribution in [1.82, 2.24) is 9.78 Å². The van der Waals surface area contributed by atoms with Crippen molar-refractivity contribution in [3.63, 3.8) is 0 Å². The zero-order valence-corrected chi connectivity index (χ0v) is 16.4. The highest BCUT2D eigenvalue weighted by atomic mass is 19.3. The lowest BCUT2D eigenvalue weighted by atomic mass is 10.2. The van der Waals surface area contributed by atoms with E-state index >= 15 is 0 Å². The largest absolute Gasteiger partial charge is 0.493 e. The van der Waals surface area contributed by atoms with Gasteiger partial charge in [0.25, 0.3) is 0 Å². The Labute approximate surface area is 176 Å². The lowest BCUT2D eigenvalue weighted by Crippen LogP contribution is -2.07. The maximum Gasteiger partial charge on any atom is 0.387 e. The first kappa shape index (κ1) is 20.3. The number of aromatic nitrogens is 2. The van der Waals surface area contributed by atoms with Gasteiger partial charge in [-0.05, 0) is 29.8 Å². The molecule has 0 fully saturated rings. The number of alkyl halides is 2. The quantitative estimate of drug-likeness (QED) is 0.424. The van der Waals surface area contributed by atoms with Crippen LogP contribution in [0.3, 0.4) is 0 Å². The number of cyclic esters (lactones) is 1. The van der Waals surface area contributed by atoms with Crippen LogP contribution >= 0.6 is 0 Å². The SMILES string of the molecule is COc1cc(C2=N/C(=C\c3cnn(Cc4ccccc4)c3)C(=O)O2)ccc1OC(F)F. The first-order chi connectivity index (χ1) is 15.0. The van der Waals surface area contributed by atoms with Gasteiger partial charge in [0.05, 0.1) is 19.9 Å². The van der Waals surface area contributed by atoms with E-state index in [0.29, 0.717) is 17.7 Å². The molecule has 0 bridgehead atoms. The minimum atomic E-state index is -2.99. The maximum absolute atomic E-state index is 12.5. The van der Waals surface area contributed by atoms with Crippen molar-refractivity contribution < 1.29 is 27.8 Å². The third-order valence-electron chi connectivity index (χ3n) is 4.39. The highest BCUT2D eigenvalue weighted by Crippen LogP contribution is 2.31. The van der Waals surface area contributed by atoms with Gasteiger partial charge in [-0.1, -0.05) is 30.3 Å². The predicted molar refractivity (Wildman–Crippen MR) is 108 cm³/mol. The second kappa shape index (κ2) is 8.78. The number of benzene rings is 2. The summed E-state index contributed by atoms with van der Waals surface area (Å²) < 4.78 is 41.4. The Morgan fingerprint density at radius 2 is 1.97 bits per heavy atom. The first-order valence-corrected chi connectivity index (χ1v) is 9.24. The second-order valence-electron chi connectivity index (χ2n) is 6.54. The highest BCUT2D eigenvalue weighted by Gasteiger charge is 2.25. The molecule has 0 saturated carbocycles. The molecular weight excluding hydrogens is 408 g/mol. The molecule has 0 saturated heterocycles. The van der Waals surface area contributed by atoms with Crippen LogP contribution in [-0.4, -0.2) is 35.4 Å². The van der Waals surface area contributed by atoms with Crippen LogP contribution in [0, 0.1) is 0 Å². The van der Waals surface area contributed by atoms with E-state index in [9.17, 15) is 13.6 Å². The Bertz CT molecular complexity index is 1160. The van der Waals surface area contributed by atoms with Crippen molar-refractivity contribution in [2.75, 3.05) is 7.11 Å². The molecule has 31 heavy (non-hydrogen) atoms. The summed E-state index contributed by atoms with van der Waals surface area (Å²) in [6.07, 6.45) is 4.98. The molecule has 7 nitrogen and oxygen atoms in total. The number of carbonyl (C=O) groups excluding carboxylic acids is 1. The summed E-state index contributed by atoms with van der Waals surface area (Å²) in [6.45, 7) is -2.39. The van der Waals surface area contributed by atoms with Gasteiger partial charge < -0.3 is 14.2 Å². The van der Waals surface area contributed by atoms with Crippen LogP contribution < -0.4 is 9.47 Å². The Kier molecular flexibility index (Phi) is 5.74. The number of rotatable bonds is 7. The lowest BCUT2D eigenvalue weighted by Gasteiger charge is -2.10. The van der Waals surface area contributed by atoms with E-state index in [1.807, 2.05) is 30.3 Å². The third kappa shape index (κ3) is 4.77. The smallest absolute Gasteiger partial charge is 0.387 e. The number of ether oxygens (including phenoxy) is 3. The molecule has 0 radical (unpaired) electrons. The number of aliphatic imine (C=N–C) groups is 1. The van der Waals surface area contributed by atoms with Gasteiger partial charge in [0, 0.05) is 17.3 Å². The molecule has 2 aromatic carbocycles. The molecule has 0 N–H and O–H groups in total. The molecular formula is C22H17F2N3O4. The molecule has 0 spiro atoms. The van der Waals surface area contributed by atoms with Crippen LogP contribution in [0.2, 0.25) is 0 Å². The van der Waals surface area contributed by atoms with Crippen LogP contribution in [-0.2, 0) is 16.1 Å². The van der Waals surface area contributed by atoms with Gasteiger partial charge in [0.15, 0.2) is 17.2 Å². The lowest BCUT2D eigenvalue weighted by molar-refractivity contribution is -0.129. The number of halogens is 2. The summed E-state index contributed by atoms with van der Waals surface area (Å²) in [5, 5.41) is 4.29. The summed E-state index contributed by atoms with van der Waals surface area (Å²) in [5.41, 5.74) is 2.26. The van der Waals surface area contributed by atoms with Crippen molar-refractivity contribution >= 4 is 17.9 Å². The topological polar surface area (TPSA) is 74.9 Å². The van der Waals surface area contributed by atoms with Crippen molar-refractivity contribution in [2.24, 2.45) is 4.99 Å². The Balaban J connectivity index is 1.54. The van der Waals surface area contributed by atoms with Crippen LogP contribution in [0.15, 0.2) is 71.6 Å². The summed E-state index contributed by atoms with van der Waals surface area (Å²) in [7, 11) is 1.32. The molecule has 0 aliphatic carbocycles. The zero-order valence-electron chi connectivity index (χ0n) is 16.4. The number of nitrogens with zero attached hydrogens (tertiary/aromatic N) is 3. The van der Waals surface area contributed by atoms with E-state index in [1.165, 1.54) is 25.3 Å². The fraction of sp³-hybridized carbons (Fsp3) is 0.136. The standard InChI is InChI=1S/C22H17F2N3O4/c1-29-19-10-16(7-8-18(19)30-22(23)24)20-26-17(21(28)31-20)9-15-11-25-27(13-15)12-14-5-3-2-4-6-14/h2-11,13,22H,12H2,1H3/b17-9-. The van der Waals surface area contributed by atoms with E-state index < -0.39 is 12.6 Å². The number of esters is 1. The maximum atomic E-state index is 12.5. The van der Waals surface area contributed by atoms with Gasteiger partial charge in [-0.3, -0.25) is 4.68 Å². The predicted octanol–water partition coefficient (Wildman–Crippen LogP) is 3.89. The van der Waals surface area contributed by atoms with Crippen LogP contribution in [0.4, 0.5) is 8.78 Å². The van der Waals surface area contributed by atoms with Crippen molar-refractivity contribution in [3.05, 3.63) is 83.3 Å². The number of hydrogen-bond donors (Lipinski definition) is 0. The average molecular weight is 425 g/mol. The van der Waals surface area contributed by atoms with Gasteiger partial charge >= 0.3 is 12.6 Å². The van der Waals surface area contributed by atoms with Crippen LogP contribution in [0.5, 0.6) is 11.5 Å². The molecule has 1 aromatic heterocycles.